The summed E-state index contributed by atoms with van der Waals surface area (Å²) in [6.07, 6.45) is -0.763. The molecule has 1 atom stereocenters. The summed E-state index contributed by atoms with van der Waals surface area (Å²) in [7, 11) is 0. The van der Waals surface area contributed by atoms with Crippen LogP contribution >= 0.6 is 11.6 Å². The summed E-state index contributed by atoms with van der Waals surface area (Å²) in [5.41, 5.74) is -0.499. The fourth-order valence-electron chi connectivity index (χ4n) is 1.22. The summed E-state index contributed by atoms with van der Waals surface area (Å²) in [4.78, 5) is 34.9. The molecule has 0 aliphatic rings. The maximum atomic E-state index is 10.8. The van der Waals surface area contributed by atoms with Gasteiger partial charge in [-0.15, -0.1) is 0 Å². The minimum atomic E-state index is -1.55. The molecule has 0 spiro atoms. The summed E-state index contributed by atoms with van der Waals surface area (Å²) < 4.78 is 0. The van der Waals surface area contributed by atoms with Gasteiger partial charge in [0, 0.05) is 6.07 Å². The molecule has 0 saturated heterocycles. The number of nitrogens with zero attached hydrogens (tertiary/aromatic N) is 2. The molecule has 1 aromatic rings. The third-order valence-electron chi connectivity index (χ3n) is 2.02. The smallest absolute Gasteiger partial charge is 0.326 e. The normalized spacial score (nSPS) is 11.6. The quantitative estimate of drug-likeness (QED) is 0.399. The molecule has 3 N–H and O–H groups in total. The Morgan fingerprint density at radius 3 is 2.58 bits per heavy atom. The minimum Gasteiger partial charge on any atom is -0.481 e. The van der Waals surface area contributed by atoms with Crippen molar-refractivity contribution in [3.05, 3.63) is 27.4 Å². The molecule has 9 nitrogen and oxygen atoms in total. The lowest BCUT2D eigenvalue weighted by atomic mass is 10.2. The second-order valence-electron chi connectivity index (χ2n) is 3.39. The zero-order valence-corrected chi connectivity index (χ0v) is 9.99. The van der Waals surface area contributed by atoms with Gasteiger partial charge < -0.3 is 15.5 Å². The summed E-state index contributed by atoms with van der Waals surface area (Å²) in [5.74, 6) is -3.24. The molecule has 0 radical (unpaired) electrons. The number of aliphatic carboxylic acids is 2. The lowest BCUT2D eigenvalue weighted by Crippen LogP contribution is -2.32. The van der Waals surface area contributed by atoms with E-state index in [1.807, 2.05) is 0 Å². The number of pyridine rings is 1. The molecule has 0 saturated carbocycles. The molecule has 0 aliphatic carbocycles. The van der Waals surface area contributed by atoms with Gasteiger partial charge in [0.2, 0.25) is 5.82 Å². The number of halogens is 1. The highest BCUT2D eigenvalue weighted by Gasteiger charge is 2.25. The molecule has 0 aliphatic heterocycles. The van der Waals surface area contributed by atoms with E-state index >= 15 is 0 Å². The molecule has 0 fully saturated rings. The van der Waals surface area contributed by atoms with Crippen LogP contribution in [0, 0.1) is 10.1 Å². The van der Waals surface area contributed by atoms with Gasteiger partial charge in [0.1, 0.15) is 11.2 Å². The van der Waals surface area contributed by atoms with Gasteiger partial charge in [-0.2, -0.15) is 0 Å². The Bertz CT molecular complexity index is 535. The molecule has 1 heterocycles. The van der Waals surface area contributed by atoms with E-state index in [0.717, 1.165) is 12.1 Å². The summed E-state index contributed by atoms with van der Waals surface area (Å²) in [5, 5.41) is 30.2. The third kappa shape index (κ3) is 4.07. The molecule has 19 heavy (non-hydrogen) atoms. The van der Waals surface area contributed by atoms with Crippen LogP contribution in [0.4, 0.5) is 11.5 Å². The maximum Gasteiger partial charge on any atom is 0.326 e. The Kier molecular flexibility index (Phi) is 4.59. The first-order chi connectivity index (χ1) is 8.81. The molecule has 0 aromatic carbocycles. The van der Waals surface area contributed by atoms with E-state index in [-0.39, 0.29) is 5.15 Å². The summed E-state index contributed by atoms with van der Waals surface area (Å²) >= 11 is 5.55. The first-order valence-electron chi connectivity index (χ1n) is 4.83. The van der Waals surface area contributed by atoms with Gasteiger partial charge in [-0.25, -0.2) is 9.78 Å². The van der Waals surface area contributed by atoms with E-state index in [0.29, 0.717) is 0 Å². The van der Waals surface area contributed by atoms with Gasteiger partial charge >= 0.3 is 17.6 Å². The van der Waals surface area contributed by atoms with E-state index < -0.39 is 40.8 Å². The van der Waals surface area contributed by atoms with E-state index in [1.54, 1.807) is 0 Å². The zero-order chi connectivity index (χ0) is 14.6. The Labute approximate surface area is 111 Å². The van der Waals surface area contributed by atoms with Gasteiger partial charge in [-0.1, -0.05) is 11.6 Å². The topological polar surface area (TPSA) is 143 Å². The van der Waals surface area contributed by atoms with Crippen LogP contribution < -0.4 is 5.32 Å². The number of carboxylic acids is 2. The summed E-state index contributed by atoms with van der Waals surface area (Å²) in [6.45, 7) is 0. The van der Waals surface area contributed by atoms with Crippen LogP contribution in [0.3, 0.4) is 0 Å². The van der Waals surface area contributed by atoms with Crippen LogP contribution in [0.5, 0.6) is 0 Å². The van der Waals surface area contributed by atoms with Crippen molar-refractivity contribution in [1.29, 1.82) is 0 Å². The monoisotopic (exact) mass is 289 g/mol. The third-order valence-corrected chi connectivity index (χ3v) is 2.23. The lowest BCUT2D eigenvalue weighted by Gasteiger charge is -2.12. The number of nitro groups is 1. The number of rotatable bonds is 6. The highest BCUT2D eigenvalue weighted by atomic mass is 35.5. The van der Waals surface area contributed by atoms with Gasteiger partial charge in [-0.05, 0) is 6.07 Å². The molecule has 1 unspecified atom stereocenters. The molecule has 102 valence electrons. The van der Waals surface area contributed by atoms with Gasteiger partial charge in [0.15, 0.2) is 0 Å². The lowest BCUT2D eigenvalue weighted by molar-refractivity contribution is -0.384. The van der Waals surface area contributed by atoms with Crippen molar-refractivity contribution in [2.24, 2.45) is 0 Å². The minimum absolute atomic E-state index is 0.0902. The van der Waals surface area contributed by atoms with E-state index in [2.05, 4.69) is 10.3 Å². The van der Waals surface area contributed by atoms with Crippen molar-refractivity contribution in [2.75, 3.05) is 5.32 Å². The maximum absolute atomic E-state index is 10.8. The Morgan fingerprint density at radius 2 is 2.11 bits per heavy atom. The van der Waals surface area contributed by atoms with E-state index in [4.69, 9.17) is 21.8 Å². The Morgan fingerprint density at radius 1 is 1.47 bits per heavy atom. The predicted octanol–water partition coefficient (Wildman–Crippen LogP) is 0.983. The number of aromatic nitrogens is 1. The first kappa shape index (κ1) is 14.6. The molecular weight excluding hydrogens is 282 g/mol. The predicted molar refractivity (Wildman–Crippen MR) is 63.2 cm³/mol. The van der Waals surface area contributed by atoms with Crippen LogP contribution in [0.15, 0.2) is 12.1 Å². The largest absolute Gasteiger partial charge is 0.481 e. The van der Waals surface area contributed by atoms with E-state index in [9.17, 15) is 19.7 Å². The van der Waals surface area contributed by atoms with Crippen molar-refractivity contribution in [3.8, 4) is 0 Å². The SMILES string of the molecule is O=C(O)CC(Nc1nc(Cl)ccc1[N+](=O)[O-])C(=O)O. The highest BCUT2D eigenvalue weighted by Crippen LogP contribution is 2.24. The highest BCUT2D eigenvalue weighted by molar-refractivity contribution is 6.29. The number of carbonyl (C=O) groups is 2. The van der Waals surface area contributed by atoms with Gasteiger partial charge in [0.05, 0.1) is 11.3 Å². The average molecular weight is 290 g/mol. The molecular formula is C9H8ClN3O6. The second-order valence-corrected chi connectivity index (χ2v) is 3.78. The molecule has 0 amide bonds. The molecule has 10 heteroatoms. The number of nitrogens with one attached hydrogen (secondary N) is 1. The molecule has 1 aromatic heterocycles. The van der Waals surface area contributed by atoms with Crippen LogP contribution in [-0.2, 0) is 9.59 Å². The van der Waals surface area contributed by atoms with Crippen LogP contribution in [0.25, 0.3) is 0 Å². The first-order valence-corrected chi connectivity index (χ1v) is 5.21. The number of anilines is 1. The van der Waals surface area contributed by atoms with Gasteiger partial charge in [0.25, 0.3) is 0 Å². The zero-order valence-electron chi connectivity index (χ0n) is 9.24. The average Bonchev–Trinajstić information content (AvgIpc) is 2.26. The van der Waals surface area contributed by atoms with Crippen molar-refractivity contribution in [3.63, 3.8) is 0 Å². The second kappa shape index (κ2) is 5.96. The molecule has 1 rings (SSSR count). The Hall–Kier alpha value is -2.42. The van der Waals surface area contributed by atoms with Crippen LogP contribution in [0.1, 0.15) is 6.42 Å². The van der Waals surface area contributed by atoms with Crippen LogP contribution in [-0.4, -0.2) is 38.1 Å². The van der Waals surface area contributed by atoms with Crippen molar-refractivity contribution < 1.29 is 24.7 Å². The van der Waals surface area contributed by atoms with E-state index in [1.165, 1.54) is 0 Å². The standard InChI is InChI=1S/C9H8ClN3O6/c10-6-2-1-5(13(18)19)8(12-6)11-4(9(16)17)3-7(14)15/h1-2,4H,3H2,(H,11,12)(H,14,15)(H,16,17). The van der Waals surface area contributed by atoms with Crippen molar-refractivity contribution >= 4 is 35.0 Å². The number of hydrogen-bond donors (Lipinski definition) is 3. The molecule has 0 bridgehead atoms. The fourth-order valence-corrected chi connectivity index (χ4v) is 1.37. The van der Waals surface area contributed by atoms with Crippen LogP contribution in [0.2, 0.25) is 5.15 Å². The Balaban J connectivity index is 3.07. The fraction of sp³-hybridized carbons (Fsp3) is 0.222. The van der Waals surface area contributed by atoms with Crippen molar-refractivity contribution in [1.82, 2.24) is 4.98 Å². The number of carboxylic acid groups (broad SMARTS) is 2. The summed E-state index contributed by atoms with van der Waals surface area (Å²) in [6, 6.07) is 0.650. The van der Waals surface area contributed by atoms with Gasteiger partial charge in [-0.3, -0.25) is 14.9 Å². The number of hydrogen-bond acceptors (Lipinski definition) is 6. The van der Waals surface area contributed by atoms with Crippen molar-refractivity contribution in [2.45, 2.75) is 12.5 Å².